The fourth-order valence-electron chi connectivity index (χ4n) is 7.69. The van der Waals surface area contributed by atoms with Gasteiger partial charge in [0.25, 0.3) is 0 Å². The van der Waals surface area contributed by atoms with Crippen LogP contribution in [-0.4, -0.2) is 0 Å². The molecule has 1 heterocycles. The third kappa shape index (κ3) is 4.69. The second-order valence-electron chi connectivity index (χ2n) is 12.9. The van der Waals surface area contributed by atoms with Gasteiger partial charge in [-0.3, -0.25) is 0 Å². The lowest BCUT2D eigenvalue weighted by Crippen LogP contribution is -2.10. The molecule has 0 amide bonds. The zero-order valence-electron chi connectivity index (χ0n) is 27.3. The van der Waals surface area contributed by atoms with Gasteiger partial charge < -0.3 is 4.90 Å². The minimum atomic E-state index is 1.13. The fraction of sp³-hybridized carbons (Fsp3) is 0. The Morgan fingerprint density at radius 2 is 0.960 bits per heavy atom. The fourth-order valence-corrected chi connectivity index (χ4v) is 8.95. The first-order chi connectivity index (χ1) is 24.8. The van der Waals surface area contributed by atoms with Crippen molar-refractivity contribution in [1.29, 1.82) is 0 Å². The molecule has 0 saturated carbocycles. The summed E-state index contributed by atoms with van der Waals surface area (Å²) in [5, 5.41) is 10.2. The monoisotopic (exact) mass is 653 g/mol. The van der Waals surface area contributed by atoms with Gasteiger partial charge in [-0.2, -0.15) is 0 Å². The first kappa shape index (κ1) is 28.8. The Hall–Kier alpha value is -6.22. The average Bonchev–Trinajstić information content (AvgIpc) is 3.56. The normalized spacial score (nSPS) is 11.6. The molecule has 50 heavy (non-hydrogen) atoms. The first-order valence-electron chi connectivity index (χ1n) is 17.1. The van der Waals surface area contributed by atoms with Crippen LogP contribution >= 0.6 is 11.3 Å². The third-order valence-electron chi connectivity index (χ3n) is 10.0. The predicted octanol–water partition coefficient (Wildman–Crippen LogP) is 14.3. The lowest BCUT2D eigenvalue weighted by atomic mass is 9.92. The molecule has 0 saturated heterocycles. The van der Waals surface area contributed by atoms with Crippen LogP contribution in [0.1, 0.15) is 0 Å². The molecule has 0 radical (unpaired) electrons. The van der Waals surface area contributed by atoms with Gasteiger partial charge in [0.05, 0.1) is 5.69 Å². The second-order valence-corrected chi connectivity index (χ2v) is 14.0. The molecule has 1 aromatic heterocycles. The molecule has 10 aromatic rings. The van der Waals surface area contributed by atoms with Gasteiger partial charge in [-0.1, -0.05) is 152 Å². The summed E-state index contributed by atoms with van der Waals surface area (Å²) in [6, 6.07) is 68.6. The summed E-state index contributed by atoms with van der Waals surface area (Å²) in [7, 11) is 0. The molecule has 0 atom stereocenters. The van der Waals surface area contributed by atoms with Crippen molar-refractivity contribution in [1.82, 2.24) is 0 Å². The standard InChI is InChI=1S/C48H31NS/c1-2-13-32(14-3-1)35-19-10-20-36(29-35)49(46-26-12-18-34-16-5-7-22-39(34)46)37-27-28-42-45-31-44(40-25-11-17-33-15-4-6-21-38(33)40)41-23-8-9-24-43(41)48(45)50-47(42)30-37/h1-31H. The number of hydrogen-bond acceptors (Lipinski definition) is 2. The lowest BCUT2D eigenvalue weighted by molar-refractivity contribution is 1.30. The SMILES string of the molecule is c1ccc(-c2cccc(N(c3ccc4c(c3)sc3c5ccccc5c(-c5cccc6ccccc56)cc43)c3cccc4ccccc34)c2)cc1. The molecule has 10 rings (SSSR count). The van der Waals surface area contributed by atoms with E-state index in [1.807, 2.05) is 11.3 Å². The third-order valence-corrected chi connectivity index (χ3v) is 11.2. The van der Waals surface area contributed by atoms with E-state index in [2.05, 4.69) is 193 Å². The van der Waals surface area contributed by atoms with E-state index in [4.69, 9.17) is 0 Å². The zero-order chi connectivity index (χ0) is 33.0. The molecule has 0 aliphatic heterocycles. The number of benzene rings is 9. The van der Waals surface area contributed by atoms with Crippen molar-refractivity contribution >= 4 is 80.9 Å². The van der Waals surface area contributed by atoms with Gasteiger partial charge in [0.2, 0.25) is 0 Å². The van der Waals surface area contributed by atoms with Crippen LogP contribution in [0.5, 0.6) is 0 Å². The maximum atomic E-state index is 2.43. The molecule has 0 aliphatic rings. The van der Waals surface area contributed by atoms with E-state index < -0.39 is 0 Å². The summed E-state index contributed by atoms with van der Waals surface area (Å²) in [4.78, 5) is 2.43. The maximum Gasteiger partial charge on any atom is 0.0540 e. The van der Waals surface area contributed by atoms with Crippen LogP contribution in [0.4, 0.5) is 17.1 Å². The molecule has 0 aliphatic carbocycles. The van der Waals surface area contributed by atoms with E-state index in [1.54, 1.807) is 0 Å². The topological polar surface area (TPSA) is 3.24 Å². The lowest BCUT2D eigenvalue weighted by Gasteiger charge is -2.27. The molecule has 0 unspecified atom stereocenters. The molecule has 9 aromatic carbocycles. The van der Waals surface area contributed by atoms with Crippen LogP contribution in [-0.2, 0) is 0 Å². The Kier molecular flexibility index (Phi) is 6.75. The van der Waals surface area contributed by atoms with Crippen molar-refractivity contribution in [3.8, 4) is 22.3 Å². The van der Waals surface area contributed by atoms with Gasteiger partial charge in [0.15, 0.2) is 0 Å². The number of nitrogens with zero attached hydrogens (tertiary/aromatic N) is 1. The van der Waals surface area contributed by atoms with Gasteiger partial charge in [0.1, 0.15) is 0 Å². The summed E-state index contributed by atoms with van der Waals surface area (Å²) >= 11 is 1.90. The number of hydrogen-bond donors (Lipinski definition) is 0. The highest BCUT2D eigenvalue weighted by Gasteiger charge is 2.19. The van der Waals surface area contributed by atoms with Gasteiger partial charge in [-0.05, 0) is 80.2 Å². The van der Waals surface area contributed by atoms with E-state index in [0.29, 0.717) is 0 Å². The molecule has 0 N–H and O–H groups in total. The Balaban J connectivity index is 1.21. The number of fused-ring (bicyclic) bond motifs is 7. The van der Waals surface area contributed by atoms with Crippen LogP contribution in [0.25, 0.3) is 74.7 Å². The molecule has 234 valence electrons. The summed E-state index contributed by atoms with van der Waals surface area (Å²) in [5.74, 6) is 0. The van der Waals surface area contributed by atoms with E-state index in [9.17, 15) is 0 Å². The van der Waals surface area contributed by atoms with Crippen LogP contribution < -0.4 is 4.90 Å². The quantitative estimate of drug-likeness (QED) is 0.179. The summed E-state index contributed by atoms with van der Waals surface area (Å²) in [6.45, 7) is 0. The predicted molar refractivity (Wildman–Crippen MR) is 217 cm³/mol. The van der Waals surface area contributed by atoms with Crippen LogP contribution in [0, 0.1) is 0 Å². The Morgan fingerprint density at radius 3 is 1.80 bits per heavy atom. The van der Waals surface area contributed by atoms with Crippen LogP contribution in [0.2, 0.25) is 0 Å². The highest BCUT2D eigenvalue weighted by Crippen LogP contribution is 2.47. The van der Waals surface area contributed by atoms with Crippen molar-refractivity contribution in [3.05, 3.63) is 188 Å². The Morgan fingerprint density at radius 1 is 0.340 bits per heavy atom. The maximum absolute atomic E-state index is 2.43. The highest BCUT2D eigenvalue weighted by atomic mass is 32.1. The van der Waals surface area contributed by atoms with Crippen molar-refractivity contribution < 1.29 is 0 Å². The zero-order valence-corrected chi connectivity index (χ0v) is 28.1. The first-order valence-corrected chi connectivity index (χ1v) is 17.9. The molecule has 1 nitrogen and oxygen atoms in total. The number of thiophene rings is 1. The highest BCUT2D eigenvalue weighted by molar-refractivity contribution is 7.26. The molecule has 2 heteroatoms. The summed E-state index contributed by atoms with van der Waals surface area (Å²) in [6.07, 6.45) is 0. The van der Waals surface area contributed by atoms with E-state index in [0.717, 1.165) is 17.1 Å². The second kappa shape index (κ2) is 11.7. The summed E-state index contributed by atoms with van der Waals surface area (Å²) < 4.78 is 2.61. The van der Waals surface area contributed by atoms with E-state index in [-0.39, 0.29) is 0 Å². The van der Waals surface area contributed by atoms with E-state index >= 15 is 0 Å². The summed E-state index contributed by atoms with van der Waals surface area (Å²) in [5.41, 5.74) is 8.40. The molecule has 0 bridgehead atoms. The van der Waals surface area contributed by atoms with Gasteiger partial charge in [-0.15, -0.1) is 11.3 Å². The largest absolute Gasteiger partial charge is 0.310 e. The van der Waals surface area contributed by atoms with Crippen molar-refractivity contribution in [2.24, 2.45) is 0 Å². The Labute approximate surface area is 294 Å². The minimum Gasteiger partial charge on any atom is -0.310 e. The average molecular weight is 654 g/mol. The van der Waals surface area contributed by atoms with Crippen molar-refractivity contribution in [3.63, 3.8) is 0 Å². The van der Waals surface area contributed by atoms with E-state index in [1.165, 1.54) is 74.7 Å². The molecule has 0 fully saturated rings. The minimum absolute atomic E-state index is 1.13. The number of anilines is 3. The van der Waals surface area contributed by atoms with Gasteiger partial charge in [-0.25, -0.2) is 0 Å². The van der Waals surface area contributed by atoms with Gasteiger partial charge >= 0.3 is 0 Å². The Bertz CT molecular complexity index is 2870. The molecular formula is C48H31NS. The van der Waals surface area contributed by atoms with Crippen molar-refractivity contribution in [2.45, 2.75) is 0 Å². The molecule has 0 spiro atoms. The van der Waals surface area contributed by atoms with Crippen molar-refractivity contribution in [2.75, 3.05) is 4.90 Å². The van der Waals surface area contributed by atoms with Crippen LogP contribution in [0.3, 0.4) is 0 Å². The number of rotatable bonds is 5. The van der Waals surface area contributed by atoms with Crippen LogP contribution in [0.15, 0.2) is 188 Å². The molecular weight excluding hydrogens is 623 g/mol. The smallest absolute Gasteiger partial charge is 0.0540 e. The van der Waals surface area contributed by atoms with Gasteiger partial charge in [0, 0.05) is 42.3 Å².